The number of hydrogen-bond acceptors (Lipinski definition) is 2. The highest BCUT2D eigenvalue weighted by molar-refractivity contribution is 4.93. The quantitative estimate of drug-likeness (QED) is 0.732. The van der Waals surface area contributed by atoms with Gasteiger partial charge in [0.05, 0.1) is 0 Å². The zero-order valence-electron chi connectivity index (χ0n) is 9.45. The number of hydrogen-bond donors (Lipinski definition) is 1. The average Bonchev–Trinajstić information content (AvgIpc) is 2.15. The van der Waals surface area contributed by atoms with Crippen molar-refractivity contribution in [3.8, 4) is 0 Å². The third kappa shape index (κ3) is 1.82. The van der Waals surface area contributed by atoms with Crippen molar-refractivity contribution in [2.45, 2.75) is 64.1 Å². The molecule has 0 aliphatic carbocycles. The van der Waals surface area contributed by atoms with E-state index in [0.717, 1.165) is 12.1 Å². The maximum atomic E-state index is 9.25. The SMILES string of the molecule is CC(C)N1[C@H]2CCC[C@H]1CC(CO)C2. The van der Waals surface area contributed by atoms with Gasteiger partial charge in [0, 0.05) is 24.7 Å². The summed E-state index contributed by atoms with van der Waals surface area (Å²) in [6.45, 7) is 5.02. The Morgan fingerprint density at radius 2 is 1.79 bits per heavy atom. The zero-order chi connectivity index (χ0) is 10.1. The molecular formula is C12H23NO. The summed E-state index contributed by atoms with van der Waals surface area (Å²) in [4.78, 5) is 2.70. The van der Waals surface area contributed by atoms with Gasteiger partial charge in [0.1, 0.15) is 0 Å². The van der Waals surface area contributed by atoms with Gasteiger partial charge in [-0.3, -0.25) is 4.90 Å². The molecule has 2 saturated heterocycles. The molecule has 82 valence electrons. The summed E-state index contributed by atoms with van der Waals surface area (Å²) in [5.74, 6) is 0.584. The van der Waals surface area contributed by atoms with Crippen LogP contribution in [0.3, 0.4) is 0 Å². The van der Waals surface area contributed by atoms with E-state index in [-0.39, 0.29) is 0 Å². The Hall–Kier alpha value is -0.0800. The fourth-order valence-electron chi connectivity index (χ4n) is 3.52. The predicted molar refractivity (Wildman–Crippen MR) is 58.2 cm³/mol. The molecule has 0 unspecified atom stereocenters. The number of nitrogens with zero attached hydrogens (tertiary/aromatic N) is 1. The summed E-state index contributed by atoms with van der Waals surface area (Å²) in [6.07, 6.45) is 6.56. The van der Waals surface area contributed by atoms with E-state index in [1.807, 2.05) is 0 Å². The first kappa shape index (κ1) is 10.4. The number of rotatable bonds is 2. The molecule has 0 saturated carbocycles. The van der Waals surface area contributed by atoms with Crippen LogP contribution in [0, 0.1) is 5.92 Å². The number of aliphatic hydroxyl groups excluding tert-OH is 1. The van der Waals surface area contributed by atoms with Crippen molar-refractivity contribution in [2.24, 2.45) is 5.92 Å². The van der Waals surface area contributed by atoms with Crippen molar-refractivity contribution < 1.29 is 5.11 Å². The Bertz CT molecular complexity index is 179. The maximum Gasteiger partial charge on any atom is 0.0460 e. The standard InChI is InChI=1S/C12H23NO/c1-9(2)13-11-4-3-5-12(13)7-10(6-11)8-14/h9-12,14H,3-8H2,1-2H3/t11-,12-/m0/s1. The molecule has 0 aromatic rings. The molecule has 2 atom stereocenters. The highest BCUT2D eigenvalue weighted by Gasteiger charge is 2.38. The average molecular weight is 197 g/mol. The van der Waals surface area contributed by atoms with Crippen LogP contribution < -0.4 is 0 Å². The van der Waals surface area contributed by atoms with E-state index in [2.05, 4.69) is 18.7 Å². The molecule has 2 aliphatic rings. The fourth-order valence-corrected chi connectivity index (χ4v) is 3.52. The Labute approximate surface area is 87.3 Å². The smallest absolute Gasteiger partial charge is 0.0460 e. The molecule has 1 N–H and O–H groups in total. The van der Waals surface area contributed by atoms with Crippen LogP contribution in [0.2, 0.25) is 0 Å². The van der Waals surface area contributed by atoms with Crippen LogP contribution in [0.1, 0.15) is 46.0 Å². The van der Waals surface area contributed by atoms with Crippen LogP contribution in [-0.4, -0.2) is 34.7 Å². The molecule has 2 heteroatoms. The van der Waals surface area contributed by atoms with Gasteiger partial charge in [0.15, 0.2) is 0 Å². The number of fused-ring (bicyclic) bond motifs is 2. The first-order chi connectivity index (χ1) is 6.72. The summed E-state index contributed by atoms with van der Waals surface area (Å²) in [6, 6.07) is 2.21. The Balaban J connectivity index is 2.07. The topological polar surface area (TPSA) is 23.5 Å². The summed E-state index contributed by atoms with van der Waals surface area (Å²) in [5, 5.41) is 9.25. The molecule has 0 aromatic carbocycles. The van der Waals surface area contributed by atoms with Crippen LogP contribution in [0.15, 0.2) is 0 Å². The van der Waals surface area contributed by atoms with E-state index in [9.17, 15) is 5.11 Å². The van der Waals surface area contributed by atoms with Crippen LogP contribution in [-0.2, 0) is 0 Å². The second kappa shape index (κ2) is 4.19. The Kier molecular flexibility index (Phi) is 3.13. The van der Waals surface area contributed by atoms with Crippen LogP contribution in [0.25, 0.3) is 0 Å². The van der Waals surface area contributed by atoms with E-state index in [0.29, 0.717) is 18.6 Å². The molecule has 2 bridgehead atoms. The normalized spacial score (nSPS) is 39.0. The summed E-state index contributed by atoms with van der Waals surface area (Å²) < 4.78 is 0. The van der Waals surface area contributed by atoms with Gasteiger partial charge in [-0.2, -0.15) is 0 Å². The minimum atomic E-state index is 0.402. The molecule has 2 rings (SSSR count). The first-order valence-corrected chi connectivity index (χ1v) is 6.10. The van der Waals surface area contributed by atoms with Crippen LogP contribution in [0.4, 0.5) is 0 Å². The molecule has 2 aliphatic heterocycles. The molecule has 2 heterocycles. The van der Waals surface area contributed by atoms with Crippen molar-refractivity contribution in [3.63, 3.8) is 0 Å². The van der Waals surface area contributed by atoms with E-state index in [1.165, 1.54) is 32.1 Å². The lowest BCUT2D eigenvalue weighted by molar-refractivity contribution is -0.0215. The highest BCUT2D eigenvalue weighted by Crippen LogP contribution is 2.37. The van der Waals surface area contributed by atoms with E-state index in [1.54, 1.807) is 0 Å². The van der Waals surface area contributed by atoms with Gasteiger partial charge >= 0.3 is 0 Å². The van der Waals surface area contributed by atoms with E-state index >= 15 is 0 Å². The monoisotopic (exact) mass is 197 g/mol. The predicted octanol–water partition coefficient (Wildman–Crippen LogP) is 2.02. The summed E-state index contributed by atoms with van der Waals surface area (Å²) >= 11 is 0. The molecule has 0 amide bonds. The molecular weight excluding hydrogens is 174 g/mol. The Morgan fingerprint density at radius 3 is 2.21 bits per heavy atom. The lowest BCUT2D eigenvalue weighted by Crippen LogP contribution is -2.55. The van der Waals surface area contributed by atoms with Gasteiger partial charge in [0.2, 0.25) is 0 Å². The largest absolute Gasteiger partial charge is 0.396 e. The third-order valence-electron chi connectivity index (χ3n) is 3.98. The molecule has 0 radical (unpaired) electrons. The van der Waals surface area contributed by atoms with Crippen LogP contribution >= 0.6 is 0 Å². The van der Waals surface area contributed by atoms with Crippen molar-refractivity contribution in [3.05, 3.63) is 0 Å². The molecule has 2 nitrogen and oxygen atoms in total. The van der Waals surface area contributed by atoms with Crippen molar-refractivity contribution in [1.29, 1.82) is 0 Å². The number of aliphatic hydroxyl groups is 1. The minimum absolute atomic E-state index is 0.402. The molecule has 0 spiro atoms. The first-order valence-electron chi connectivity index (χ1n) is 6.10. The van der Waals surface area contributed by atoms with Gasteiger partial charge in [-0.15, -0.1) is 0 Å². The molecule has 14 heavy (non-hydrogen) atoms. The summed E-state index contributed by atoms with van der Waals surface area (Å²) in [7, 11) is 0. The molecule has 2 fully saturated rings. The van der Waals surface area contributed by atoms with E-state index in [4.69, 9.17) is 0 Å². The van der Waals surface area contributed by atoms with Crippen LogP contribution in [0.5, 0.6) is 0 Å². The zero-order valence-corrected chi connectivity index (χ0v) is 9.45. The minimum Gasteiger partial charge on any atom is -0.396 e. The van der Waals surface area contributed by atoms with Gasteiger partial charge < -0.3 is 5.11 Å². The second-order valence-corrected chi connectivity index (χ2v) is 5.30. The summed E-state index contributed by atoms with van der Waals surface area (Å²) in [5.41, 5.74) is 0. The fraction of sp³-hybridized carbons (Fsp3) is 1.00. The lowest BCUT2D eigenvalue weighted by Gasteiger charge is -2.50. The van der Waals surface area contributed by atoms with Crippen molar-refractivity contribution in [1.82, 2.24) is 4.90 Å². The van der Waals surface area contributed by atoms with Crippen molar-refractivity contribution in [2.75, 3.05) is 6.61 Å². The van der Waals surface area contributed by atoms with Gasteiger partial charge in [-0.1, -0.05) is 6.42 Å². The molecule has 0 aromatic heterocycles. The van der Waals surface area contributed by atoms with Gasteiger partial charge in [-0.25, -0.2) is 0 Å². The van der Waals surface area contributed by atoms with Gasteiger partial charge in [-0.05, 0) is 45.4 Å². The van der Waals surface area contributed by atoms with Gasteiger partial charge in [0.25, 0.3) is 0 Å². The highest BCUT2D eigenvalue weighted by atomic mass is 16.3. The lowest BCUT2D eigenvalue weighted by atomic mass is 9.78. The Morgan fingerprint density at radius 1 is 1.21 bits per heavy atom. The second-order valence-electron chi connectivity index (χ2n) is 5.30. The maximum absolute atomic E-state index is 9.25. The third-order valence-corrected chi connectivity index (χ3v) is 3.98. The van der Waals surface area contributed by atoms with Crippen molar-refractivity contribution >= 4 is 0 Å². The van der Waals surface area contributed by atoms with E-state index < -0.39 is 0 Å². The number of piperidine rings is 2.